The number of rotatable bonds is 6. The van der Waals surface area contributed by atoms with Gasteiger partial charge in [-0.15, -0.1) is 0 Å². The number of nitrogens with one attached hydrogen (secondary N) is 1. The van der Waals surface area contributed by atoms with Gasteiger partial charge in [-0.2, -0.15) is 0 Å². The summed E-state index contributed by atoms with van der Waals surface area (Å²) in [6.45, 7) is 5.02. The zero-order valence-electron chi connectivity index (χ0n) is 15.1. The molecule has 0 bridgehead atoms. The number of hydrogen-bond acceptors (Lipinski definition) is 2. The van der Waals surface area contributed by atoms with Crippen LogP contribution in [-0.4, -0.2) is 18.6 Å². The molecule has 0 aliphatic heterocycles. The fourth-order valence-electron chi connectivity index (χ4n) is 3.60. The molecule has 0 atom stereocenters. The highest BCUT2D eigenvalue weighted by atomic mass is 35.5. The molecule has 0 unspecified atom stereocenters. The second-order valence-electron chi connectivity index (χ2n) is 6.57. The van der Waals surface area contributed by atoms with Crippen LogP contribution < -0.4 is 10.5 Å². The van der Waals surface area contributed by atoms with E-state index in [2.05, 4.69) is 31.0 Å². The minimum absolute atomic E-state index is 0.704. The Morgan fingerprint density at radius 1 is 1.12 bits per heavy atom. The van der Waals surface area contributed by atoms with Crippen molar-refractivity contribution in [1.29, 1.82) is 0 Å². The third-order valence-electron chi connectivity index (χ3n) is 4.65. The highest BCUT2D eigenvalue weighted by molar-refractivity contribution is 6.31. The van der Waals surface area contributed by atoms with E-state index in [1.807, 2.05) is 18.2 Å². The summed E-state index contributed by atoms with van der Waals surface area (Å²) in [5.74, 6) is 0.824. The van der Waals surface area contributed by atoms with Crippen molar-refractivity contribution in [3.63, 3.8) is 0 Å². The Bertz CT molecular complexity index is 899. The number of methoxy groups -OCH3 is 1. The van der Waals surface area contributed by atoms with Crippen LogP contribution in [0.25, 0.3) is 22.2 Å². The lowest BCUT2D eigenvalue weighted by Gasteiger charge is -2.11. The van der Waals surface area contributed by atoms with Gasteiger partial charge in [0.2, 0.25) is 0 Å². The third-order valence-corrected chi connectivity index (χ3v) is 4.89. The second-order valence-corrected chi connectivity index (χ2v) is 7.01. The number of unbranched alkanes of at least 4 members (excludes halogenated alkanes) is 1. The lowest BCUT2D eigenvalue weighted by atomic mass is 9.97. The van der Waals surface area contributed by atoms with Crippen LogP contribution in [0.3, 0.4) is 0 Å². The second kappa shape index (κ2) is 7.51. The number of ether oxygens (including phenoxy) is 1. The van der Waals surface area contributed by atoms with E-state index >= 15 is 0 Å². The summed E-state index contributed by atoms with van der Waals surface area (Å²) >= 11 is 6.27. The number of aryl methyl sites for hydroxylation is 3. The Kier molecular flexibility index (Phi) is 5.36. The van der Waals surface area contributed by atoms with E-state index in [4.69, 9.17) is 22.1 Å². The van der Waals surface area contributed by atoms with Crippen molar-refractivity contribution in [3.05, 3.63) is 52.0 Å². The summed E-state index contributed by atoms with van der Waals surface area (Å²) < 4.78 is 5.59. The van der Waals surface area contributed by atoms with Gasteiger partial charge in [0, 0.05) is 21.5 Å². The van der Waals surface area contributed by atoms with Crippen molar-refractivity contribution in [3.8, 4) is 17.0 Å². The van der Waals surface area contributed by atoms with Gasteiger partial charge in [0.05, 0.1) is 12.8 Å². The van der Waals surface area contributed by atoms with Gasteiger partial charge >= 0.3 is 0 Å². The molecule has 3 aromatic rings. The van der Waals surface area contributed by atoms with Crippen molar-refractivity contribution in [2.24, 2.45) is 5.73 Å². The highest BCUT2D eigenvalue weighted by Crippen LogP contribution is 2.39. The summed E-state index contributed by atoms with van der Waals surface area (Å²) in [6.07, 6.45) is 3.06. The maximum Gasteiger partial charge on any atom is 0.128 e. The standard InChI is InChI=1S/C21H25ClN2O/c1-13-10-14(2)20-16(6-4-5-9-23)21(24-18(20)11-13)17-12-15(22)7-8-19(17)25-3/h7-8,10-12,24H,4-6,9,23H2,1-3H3. The topological polar surface area (TPSA) is 51.0 Å². The smallest absolute Gasteiger partial charge is 0.128 e. The Balaban J connectivity index is 2.25. The summed E-state index contributed by atoms with van der Waals surface area (Å²) in [5.41, 5.74) is 12.8. The molecule has 3 N–H and O–H groups in total. The Hall–Kier alpha value is -1.97. The maximum absolute atomic E-state index is 6.27. The van der Waals surface area contributed by atoms with E-state index in [9.17, 15) is 0 Å². The van der Waals surface area contributed by atoms with Gasteiger partial charge in [-0.1, -0.05) is 17.7 Å². The van der Waals surface area contributed by atoms with E-state index in [0.29, 0.717) is 5.02 Å². The number of nitrogens with two attached hydrogens (primary N) is 1. The van der Waals surface area contributed by atoms with E-state index in [1.165, 1.54) is 22.1 Å². The first-order chi connectivity index (χ1) is 12.0. The lowest BCUT2D eigenvalue weighted by molar-refractivity contribution is 0.416. The molecule has 25 heavy (non-hydrogen) atoms. The summed E-state index contributed by atoms with van der Waals surface area (Å²) in [7, 11) is 1.69. The highest BCUT2D eigenvalue weighted by Gasteiger charge is 2.18. The molecule has 132 valence electrons. The third kappa shape index (κ3) is 3.53. The average Bonchev–Trinajstić information content (AvgIpc) is 2.93. The van der Waals surface area contributed by atoms with Gasteiger partial charge < -0.3 is 15.5 Å². The lowest BCUT2D eigenvalue weighted by Crippen LogP contribution is -2.00. The zero-order valence-corrected chi connectivity index (χ0v) is 15.8. The van der Waals surface area contributed by atoms with Crippen molar-refractivity contribution in [2.75, 3.05) is 13.7 Å². The molecule has 2 aromatic carbocycles. The molecule has 0 saturated carbocycles. The first kappa shape index (κ1) is 17.8. The van der Waals surface area contributed by atoms with E-state index in [1.54, 1.807) is 7.11 Å². The first-order valence-corrected chi connectivity index (χ1v) is 9.08. The fraction of sp³-hybridized carbons (Fsp3) is 0.333. The monoisotopic (exact) mass is 356 g/mol. The van der Waals surface area contributed by atoms with Crippen LogP contribution >= 0.6 is 11.6 Å². The first-order valence-electron chi connectivity index (χ1n) is 8.71. The molecule has 3 rings (SSSR count). The van der Waals surface area contributed by atoms with E-state index in [0.717, 1.165) is 48.3 Å². The molecule has 0 aliphatic rings. The minimum atomic E-state index is 0.704. The molecule has 1 aromatic heterocycles. The number of halogens is 1. The van der Waals surface area contributed by atoms with Crippen molar-refractivity contribution < 1.29 is 4.74 Å². The average molecular weight is 357 g/mol. The van der Waals surface area contributed by atoms with Crippen LogP contribution in [0.2, 0.25) is 5.02 Å². The van der Waals surface area contributed by atoms with Crippen molar-refractivity contribution in [2.45, 2.75) is 33.1 Å². The number of aromatic nitrogens is 1. The largest absolute Gasteiger partial charge is 0.496 e. The molecule has 0 spiro atoms. The number of fused-ring (bicyclic) bond motifs is 1. The van der Waals surface area contributed by atoms with Crippen LogP contribution in [0.1, 0.15) is 29.5 Å². The molecule has 0 aliphatic carbocycles. The van der Waals surface area contributed by atoms with E-state index < -0.39 is 0 Å². The van der Waals surface area contributed by atoms with Crippen molar-refractivity contribution in [1.82, 2.24) is 4.98 Å². The molecule has 0 fully saturated rings. The van der Waals surface area contributed by atoms with Gasteiger partial charge in [0.25, 0.3) is 0 Å². The molecule has 3 nitrogen and oxygen atoms in total. The molecular formula is C21H25ClN2O. The number of aromatic amines is 1. The van der Waals surface area contributed by atoms with Gasteiger partial charge in [-0.3, -0.25) is 0 Å². The van der Waals surface area contributed by atoms with Crippen molar-refractivity contribution >= 4 is 22.5 Å². The normalized spacial score (nSPS) is 11.2. The zero-order chi connectivity index (χ0) is 18.0. The quantitative estimate of drug-likeness (QED) is 0.581. The summed E-state index contributed by atoms with van der Waals surface area (Å²) in [4.78, 5) is 3.62. The fourth-order valence-corrected chi connectivity index (χ4v) is 3.78. The molecule has 0 amide bonds. The van der Waals surface area contributed by atoms with Crippen LogP contribution in [0.15, 0.2) is 30.3 Å². The maximum atomic E-state index is 6.27. The predicted molar refractivity (Wildman–Crippen MR) is 107 cm³/mol. The SMILES string of the molecule is COc1ccc(Cl)cc1-c1[nH]c2cc(C)cc(C)c2c1CCCCN. The van der Waals surface area contributed by atoms with Gasteiger partial charge in [-0.25, -0.2) is 0 Å². The summed E-state index contributed by atoms with van der Waals surface area (Å²) in [5, 5.41) is 2.01. The number of H-pyrrole nitrogens is 1. The molecular weight excluding hydrogens is 332 g/mol. The van der Waals surface area contributed by atoms with Crippen LogP contribution in [0.5, 0.6) is 5.75 Å². The predicted octanol–water partition coefficient (Wildman–Crippen LogP) is 5.40. The van der Waals surface area contributed by atoms with Crippen LogP contribution in [-0.2, 0) is 6.42 Å². The molecule has 0 saturated heterocycles. The Morgan fingerprint density at radius 2 is 1.92 bits per heavy atom. The van der Waals surface area contributed by atoms with Crippen LogP contribution in [0.4, 0.5) is 0 Å². The minimum Gasteiger partial charge on any atom is -0.496 e. The Labute approximate surface area is 154 Å². The van der Waals surface area contributed by atoms with Gasteiger partial charge in [-0.05, 0) is 80.6 Å². The van der Waals surface area contributed by atoms with Crippen LogP contribution in [0, 0.1) is 13.8 Å². The molecule has 4 heteroatoms. The number of hydrogen-bond donors (Lipinski definition) is 2. The van der Waals surface area contributed by atoms with E-state index in [-0.39, 0.29) is 0 Å². The summed E-state index contributed by atoms with van der Waals surface area (Å²) in [6, 6.07) is 10.2. The Morgan fingerprint density at radius 3 is 2.64 bits per heavy atom. The molecule has 0 radical (unpaired) electrons. The van der Waals surface area contributed by atoms with Gasteiger partial charge in [0.1, 0.15) is 5.75 Å². The van der Waals surface area contributed by atoms with Gasteiger partial charge in [0.15, 0.2) is 0 Å². The molecule has 1 heterocycles. The number of benzene rings is 2.